The predicted octanol–water partition coefficient (Wildman–Crippen LogP) is 5.91. The second-order valence-corrected chi connectivity index (χ2v) is 7.28. The summed E-state index contributed by atoms with van der Waals surface area (Å²) in [5.41, 5.74) is 2.81. The molecule has 0 radical (unpaired) electrons. The van der Waals surface area contributed by atoms with E-state index in [9.17, 15) is 0 Å². The van der Waals surface area contributed by atoms with E-state index in [4.69, 9.17) is 0 Å². The fraction of sp³-hybridized carbons (Fsp3) is 0.375. The Hall–Kier alpha value is -2.19. The third-order valence-electron chi connectivity index (χ3n) is 5.06. The van der Waals surface area contributed by atoms with Gasteiger partial charge in [0.1, 0.15) is 0 Å². The molecule has 2 nitrogen and oxygen atoms in total. The van der Waals surface area contributed by atoms with Gasteiger partial charge in [-0.25, -0.2) is 0 Å². The van der Waals surface area contributed by atoms with E-state index in [1.54, 1.807) is 0 Å². The molecule has 0 fully saturated rings. The highest BCUT2D eigenvalue weighted by atomic mass is 14.9. The lowest BCUT2D eigenvalue weighted by molar-refractivity contribution is 0.480. The molecule has 3 rings (SSSR count). The maximum Gasteiger partial charge on any atom is 0.0346 e. The first kappa shape index (κ1) is 18.6. The molecule has 26 heavy (non-hydrogen) atoms. The number of nitrogens with one attached hydrogen (secondary N) is 1. The van der Waals surface area contributed by atoms with Crippen LogP contribution in [0.3, 0.4) is 0 Å². The molecular formula is C24H30N2. The van der Waals surface area contributed by atoms with Gasteiger partial charge in [-0.05, 0) is 54.8 Å². The van der Waals surface area contributed by atoms with Crippen molar-refractivity contribution in [1.82, 2.24) is 10.3 Å². The number of fused-ring (bicyclic) bond motifs is 1. The van der Waals surface area contributed by atoms with Crippen molar-refractivity contribution in [2.75, 3.05) is 0 Å². The summed E-state index contributed by atoms with van der Waals surface area (Å²) < 4.78 is 0. The Balaban J connectivity index is 1.29. The van der Waals surface area contributed by atoms with Gasteiger partial charge in [0.25, 0.3) is 0 Å². The van der Waals surface area contributed by atoms with Crippen molar-refractivity contribution in [3.63, 3.8) is 0 Å². The third-order valence-corrected chi connectivity index (χ3v) is 5.06. The van der Waals surface area contributed by atoms with Gasteiger partial charge < -0.3 is 5.32 Å². The molecule has 1 atom stereocenters. The van der Waals surface area contributed by atoms with Gasteiger partial charge in [0, 0.05) is 30.4 Å². The molecule has 136 valence electrons. The quantitative estimate of drug-likeness (QED) is 0.462. The molecule has 0 bridgehead atoms. The maximum atomic E-state index is 4.17. The summed E-state index contributed by atoms with van der Waals surface area (Å²) in [5.74, 6) is 0. The monoisotopic (exact) mass is 346 g/mol. The zero-order valence-corrected chi connectivity index (χ0v) is 15.8. The van der Waals surface area contributed by atoms with E-state index in [1.807, 2.05) is 12.4 Å². The van der Waals surface area contributed by atoms with E-state index in [1.165, 1.54) is 60.4 Å². The standard InChI is InChI=1S/C24H30N2/c1-20(9-5-2-3-6-10-21-11-7-4-8-12-21)26-18-22-13-14-24-19-25-16-15-23(24)17-22/h4,7-8,11-17,19-20,26H,2-3,5-6,9-10,18H2,1H3/t20-/m1/s1. The zero-order chi connectivity index (χ0) is 18.0. The highest BCUT2D eigenvalue weighted by Gasteiger charge is 2.03. The molecule has 0 spiro atoms. The predicted molar refractivity (Wildman–Crippen MR) is 111 cm³/mol. The van der Waals surface area contributed by atoms with Crippen molar-refractivity contribution in [1.29, 1.82) is 0 Å². The molecule has 2 heteroatoms. The average Bonchev–Trinajstić information content (AvgIpc) is 2.69. The lowest BCUT2D eigenvalue weighted by Gasteiger charge is -2.14. The molecule has 0 aliphatic carbocycles. The first-order valence-corrected chi connectivity index (χ1v) is 9.91. The van der Waals surface area contributed by atoms with E-state index >= 15 is 0 Å². The number of rotatable bonds is 10. The summed E-state index contributed by atoms with van der Waals surface area (Å²) in [5, 5.41) is 6.14. The van der Waals surface area contributed by atoms with Crippen molar-refractivity contribution >= 4 is 10.8 Å². The summed E-state index contributed by atoms with van der Waals surface area (Å²) in [6, 6.07) is 20.1. The largest absolute Gasteiger partial charge is 0.310 e. The molecule has 0 unspecified atom stereocenters. The van der Waals surface area contributed by atoms with Gasteiger partial charge in [-0.3, -0.25) is 4.98 Å². The minimum Gasteiger partial charge on any atom is -0.310 e. The molecule has 0 amide bonds. The van der Waals surface area contributed by atoms with Crippen LogP contribution in [-0.4, -0.2) is 11.0 Å². The highest BCUT2D eigenvalue weighted by Crippen LogP contribution is 2.15. The second kappa shape index (κ2) is 10.1. The second-order valence-electron chi connectivity index (χ2n) is 7.28. The van der Waals surface area contributed by atoms with Gasteiger partial charge in [0.05, 0.1) is 0 Å². The minimum absolute atomic E-state index is 0.567. The summed E-state index contributed by atoms with van der Waals surface area (Å²) in [6.07, 6.45) is 11.5. The van der Waals surface area contributed by atoms with Crippen LogP contribution in [0, 0.1) is 0 Å². The van der Waals surface area contributed by atoms with Crippen molar-refractivity contribution in [2.24, 2.45) is 0 Å². The van der Waals surface area contributed by atoms with Crippen LogP contribution in [0.15, 0.2) is 67.0 Å². The summed E-state index contributed by atoms with van der Waals surface area (Å²) in [6.45, 7) is 3.24. The van der Waals surface area contributed by atoms with Crippen LogP contribution in [0.2, 0.25) is 0 Å². The van der Waals surface area contributed by atoms with E-state index < -0.39 is 0 Å². The maximum absolute atomic E-state index is 4.17. The van der Waals surface area contributed by atoms with Crippen LogP contribution in [0.25, 0.3) is 10.8 Å². The number of hydrogen-bond donors (Lipinski definition) is 1. The number of aromatic nitrogens is 1. The van der Waals surface area contributed by atoms with Crippen LogP contribution in [0.1, 0.15) is 50.2 Å². The molecule has 0 saturated carbocycles. The number of aryl methyl sites for hydroxylation is 1. The minimum atomic E-state index is 0.567. The van der Waals surface area contributed by atoms with E-state index in [-0.39, 0.29) is 0 Å². The lowest BCUT2D eigenvalue weighted by Crippen LogP contribution is -2.25. The van der Waals surface area contributed by atoms with Crippen LogP contribution < -0.4 is 5.32 Å². The lowest BCUT2D eigenvalue weighted by atomic mass is 10.0. The van der Waals surface area contributed by atoms with Gasteiger partial charge >= 0.3 is 0 Å². The first-order chi connectivity index (χ1) is 12.8. The van der Waals surface area contributed by atoms with Crippen LogP contribution in [0.5, 0.6) is 0 Å². The Labute approximate surface area is 157 Å². The van der Waals surface area contributed by atoms with E-state index in [0.717, 1.165) is 6.54 Å². The normalized spacial score (nSPS) is 12.3. The van der Waals surface area contributed by atoms with E-state index in [2.05, 4.69) is 71.8 Å². The Bertz CT molecular complexity index is 782. The molecular weight excluding hydrogens is 316 g/mol. The molecule has 1 N–H and O–H groups in total. The fourth-order valence-corrected chi connectivity index (χ4v) is 3.41. The van der Waals surface area contributed by atoms with E-state index in [0.29, 0.717) is 6.04 Å². The smallest absolute Gasteiger partial charge is 0.0346 e. The Morgan fingerprint density at radius 2 is 1.69 bits per heavy atom. The van der Waals surface area contributed by atoms with Gasteiger partial charge in [-0.15, -0.1) is 0 Å². The van der Waals surface area contributed by atoms with Crippen molar-refractivity contribution in [3.05, 3.63) is 78.1 Å². The average molecular weight is 347 g/mol. The molecule has 3 aromatic rings. The third kappa shape index (κ3) is 5.96. The molecule has 1 heterocycles. The Morgan fingerprint density at radius 1 is 0.846 bits per heavy atom. The van der Waals surface area contributed by atoms with Crippen molar-refractivity contribution in [3.8, 4) is 0 Å². The summed E-state index contributed by atoms with van der Waals surface area (Å²) >= 11 is 0. The topological polar surface area (TPSA) is 24.9 Å². The number of nitrogens with zero attached hydrogens (tertiary/aromatic N) is 1. The number of hydrogen-bond acceptors (Lipinski definition) is 2. The Kier molecular flexibility index (Phi) is 7.21. The van der Waals surface area contributed by atoms with Crippen molar-refractivity contribution < 1.29 is 0 Å². The number of benzene rings is 2. The SMILES string of the molecule is C[C@H](CCCCCCc1ccccc1)NCc1ccc2cnccc2c1. The van der Waals surface area contributed by atoms with Crippen LogP contribution in [0.4, 0.5) is 0 Å². The number of pyridine rings is 1. The first-order valence-electron chi connectivity index (χ1n) is 9.91. The van der Waals surface area contributed by atoms with Gasteiger partial charge in [0.2, 0.25) is 0 Å². The molecule has 0 saturated heterocycles. The summed E-state index contributed by atoms with van der Waals surface area (Å²) in [7, 11) is 0. The van der Waals surface area contributed by atoms with Crippen molar-refractivity contribution in [2.45, 2.75) is 58.0 Å². The summed E-state index contributed by atoms with van der Waals surface area (Å²) in [4.78, 5) is 4.17. The molecule has 2 aromatic carbocycles. The van der Waals surface area contributed by atoms with Gasteiger partial charge in [-0.1, -0.05) is 61.7 Å². The number of unbranched alkanes of at least 4 members (excludes halogenated alkanes) is 3. The fourth-order valence-electron chi connectivity index (χ4n) is 3.41. The van der Waals surface area contributed by atoms with Gasteiger partial charge in [0.15, 0.2) is 0 Å². The Morgan fingerprint density at radius 3 is 2.58 bits per heavy atom. The van der Waals surface area contributed by atoms with Crippen LogP contribution in [-0.2, 0) is 13.0 Å². The van der Waals surface area contributed by atoms with Crippen LogP contribution >= 0.6 is 0 Å². The highest BCUT2D eigenvalue weighted by molar-refractivity contribution is 5.81. The molecule has 0 aliphatic rings. The molecule has 1 aromatic heterocycles. The van der Waals surface area contributed by atoms with Gasteiger partial charge in [-0.2, -0.15) is 0 Å². The molecule has 0 aliphatic heterocycles. The zero-order valence-electron chi connectivity index (χ0n) is 15.8.